The van der Waals surface area contributed by atoms with E-state index in [1.165, 1.54) is 6.42 Å². The summed E-state index contributed by atoms with van der Waals surface area (Å²) in [6.45, 7) is 7.10. The summed E-state index contributed by atoms with van der Waals surface area (Å²) < 4.78 is 44.1. The van der Waals surface area contributed by atoms with Gasteiger partial charge in [-0.15, -0.1) is 0 Å². The number of ether oxygens (including phenoxy) is 1. The Kier molecular flexibility index (Phi) is 6.82. The summed E-state index contributed by atoms with van der Waals surface area (Å²) in [5.41, 5.74) is 6.41. The molecule has 2 saturated heterocycles. The second-order valence-electron chi connectivity index (χ2n) is 7.68. The minimum absolute atomic E-state index is 0.119. The van der Waals surface area contributed by atoms with E-state index in [1.54, 1.807) is 12.1 Å². The molecular formula is C20H29F3N4O. The van der Waals surface area contributed by atoms with Gasteiger partial charge in [0, 0.05) is 26.2 Å². The number of alkyl halides is 3. The first-order chi connectivity index (χ1) is 13.3. The molecule has 2 N–H and O–H groups in total. The summed E-state index contributed by atoms with van der Waals surface area (Å²) in [7, 11) is 0. The lowest BCUT2D eigenvalue weighted by molar-refractivity contribution is -0.137. The van der Waals surface area contributed by atoms with Crippen LogP contribution in [0.2, 0.25) is 0 Å². The van der Waals surface area contributed by atoms with E-state index in [-0.39, 0.29) is 6.04 Å². The molecule has 2 aliphatic rings. The van der Waals surface area contributed by atoms with Gasteiger partial charge < -0.3 is 15.4 Å². The molecule has 1 aromatic carbocycles. The van der Waals surface area contributed by atoms with Crippen molar-refractivity contribution in [1.82, 2.24) is 9.80 Å². The van der Waals surface area contributed by atoms with Crippen LogP contribution < -0.4 is 5.73 Å². The quantitative estimate of drug-likeness (QED) is 0.626. The first-order valence-electron chi connectivity index (χ1n) is 9.88. The van der Waals surface area contributed by atoms with Crippen LogP contribution in [0.25, 0.3) is 0 Å². The van der Waals surface area contributed by atoms with Crippen molar-refractivity contribution in [2.45, 2.75) is 32.0 Å². The average Bonchev–Trinajstić information content (AvgIpc) is 2.68. The maximum atomic E-state index is 12.9. The van der Waals surface area contributed by atoms with E-state index < -0.39 is 11.7 Å². The van der Waals surface area contributed by atoms with E-state index in [0.717, 1.165) is 50.3 Å². The Balaban J connectivity index is 1.76. The van der Waals surface area contributed by atoms with Crippen LogP contribution in [0.5, 0.6) is 0 Å². The van der Waals surface area contributed by atoms with Crippen molar-refractivity contribution in [3.05, 3.63) is 35.4 Å². The Labute approximate surface area is 164 Å². The maximum Gasteiger partial charge on any atom is 0.416 e. The summed E-state index contributed by atoms with van der Waals surface area (Å²) in [4.78, 5) is 8.94. The molecule has 5 nitrogen and oxygen atoms in total. The highest BCUT2D eigenvalue weighted by Gasteiger charge is 2.31. The fourth-order valence-corrected chi connectivity index (χ4v) is 3.89. The van der Waals surface area contributed by atoms with Gasteiger partial charge in [-0.25, -0.2) is 0 Å². The van der Waals surface area contributed by atoms with Crippen molar-refractivity contribution in [2.24, 2.45) is 16.6 Å². The largest absolute Gasteiger partial charge is 0.416 e. The van der Waals surface area contributed by atoms with Crippen LogP contribution in [0.15, 0.2) is 29.3 Å². The van der Waals surface area contributed by atoms with Crippen molar-refractivity contribution in [2.75, 3.05) is 45.9 Å². The van der Waals surface area contributed by atoms with Gasteiger partial charge >= 0.3 is 6.18 Å². The molecule has 0 amide bonds. The van der Waals surface area contributed by atoms with Crippen molar-refractivity contribution < 1.29 is 17.9 Å². The van der Waals surface area contributed by atoms with Gasteiger partial charge in [0.15, 0.2) is 5.96 Å². The molecule has 8 heteroatoms. The number of likely N-dealkylation sites (tertiary alicyclic amines) is 1. The minimum Gasteiger partial charge on any atom is -0.379 e. The molecule has 0 bridgehead atoms. The molecule has 0 aromatic heterocycles. The van der Waals surface area contributed by atoms with E-state index in [2.05, 4.69) is 21.7 Å². The number of benzene rings is 1. The predicted molar refractivity (Wildman–Crippen MR) is 103 cm³/mol. The van der Waals surface area contributed by atoms with Gasteiger partial charge in [0.25, 0.3) is 0 Å². The van der Waals surface area contributed by atoms with Crippen LogP contribution >= 0.6 is 0 Å². The number of nitrogens with zero attached hydrogens (tertiary/aromatic N) is 3. The topological polar surface area (TPSA) is 54.1 Å². The number of hydrogen-bond donors (Lipinski definition) is 1. The van der Waals surface area contributed by atoms with E-state index in [0.29, 0.717) is 31.6 Å². The summed E-state index contributed by atoms with van der Waals surface area (Å²) in [5, 5.41) is 0. The normalized spacial score (nSPS) is 23.6. The molecular weight excluding hydrogens is 369 g/mol. The third-order valence-corrected chi connectivity index (χ3v) is 5.52. The maximum absolute atomic E-state index is 12.9. The number of piperidine rings is 1. The first-order valence-corrected chi connectivity index (χ1v) is 9.88. The fourth-order valence-electron chi connectivity index (χ4n) is 3.89. The number of hydrogen-bond acceptors (Lipinski definition) is 3. The lowest BCUT2D eigenvalue weighted by Crippen LogP contribution is -2.44. The van der Waals surface area contributed by atoms with Gasteiger partial charge in [-0.05, 0) is 36.5 Å². The zero-order chi connectivity index (χ0) is 20.1. The highest BCUT2D eigenvalue weighted by molar-refractivity contribution is 5.78. The van der Waals surface area contributed by atoms with Crippen molar-refractivity contribution >= 4 is 5.96 Å². The molecule has 2 aliphatic heterocycles. The molecule has 0 spiro atoms. The fraction of sp³-hybridized carbons (Fsp3) is 0.650. The molecule has 0 aliphatic carbocycles. The third-order valence-electron chi connectivity index (χ3n) is 5.52. The summed E-state index contributed by atoms with van der Waals surface area (Å²) >= 11 is 0. The van der Waals surface area contributed by atoms with Gasteiger partial charge in [-0.1, -0.05) is 19.1 Å². The van der Waals surface area contributed by atoms with Gasteiger partial charge in [0.1, 0.15) is 0 Å². The van der Waals surface area contributed by atoms with E-state index in [1.807, 2.05) is 0 Å². The Bertz CT molecular complexity index is 656. The van der Waals surface area contributed by atoms with Crippen LogP contribution in [0.4, 0.5) is 13.2 Å². The zero-order valence-electron chi connectivity index (χ0n) is 16.3. The highest BCUT2D eigenvalue weighted by Crippen LogP contribution is 2.31. The van der Waals surface area contributed by atoms with Crippen LogP contribution in [-0.4, -0.2) is 61.7 Å². The number of morpholine rings is 1. The molecule has 28 heavy (non-hydrogen) atoms. The summed E-state index contributed by atoms with van der Waals surface area (Å²) in [6, 6.07) is 5.27. The summed E-state index contributed by atoms with van der Waals surface area (Å²) in [5.74, 6) is 1.11. The zero-order valence-corrected chi connectivity index (χ0v) is 16.3. The predicted octanol–water partition coefficient (Wildman–Crippen LogP) is 3.13. The number of guanidine groups is 1. The minimum atomic E-state index is -4.33. The van der Waals surface area contributed by atoms with Gasteiger partial charge in [0.05, 0.1) is 31.4 Å². The van der Waals surface area contributed by atoms with Crippen molar-refractivity contribution in [1.29, 1.82) is 0 Å². The molecule has 3 rings (SSSR count). The highest BCUT2D eigenvalue weighted by atomic mass is 19.4. The Hall–Kier alpha value is -1.80. The number of rotatable bonds is 4. The molecule has 2 unspecified atom stereocenters. The first kappa shape index (κ1) is 20.9. The van der Waals surface area contributed by atoms with Crippen LogP contribution in [0, 0.1) is 5.92 Å². The van der Waals surface area contributed by atoms with E-state index in [9.17, 15) is 13.2 Å². The van der Waals surface area contributed by atoms with Gasteiger partial charge in [-0.3, -0.25) is 9.89 Å². The van der Waals surface area contributed by atoms with E-state index in [4.69, 9.17) is 10.5 Å². The Morgan fingerprint density at radius 3 is 2.50 bits per heavy atom. The van der Waals surface area contributed by atoms with Crippen LogP contribution in [0.1, 0.15) is 36.9 Å². The lowest BCUT2D eigenvalue weighted by Gasteiger charge is -2.35. The third kappa shape index (κ3) is 5.38. The van der Waals surface area contributed by atoms with Crippen molar-refractivity contribution in [3.63, 3.8) is 0 Å². The molecule has 2 heterocycles. The monoisotopic (exact) mass is 398 g/mol. The van der Waals surface area contributed by atoms with Gasteiger partial charge in [-0.2, -0.15) is 13.2 Å². The number of halogens is 3. The Morgan fingerprint density at radius 1 is 1.21 bits per heavy atom. The number of nitrogens with two attached hydrogens (primary N) is 1. The molecule has 2 fully saturated rings. The standard InChI is InChI=1S/C20H29F3N4O/c1-15-3-2-8-27(14-15)19(24)25-13-18(26-9-11-28-12-10-26)16-4-6-17(7-5-16)20(21,22)23/h4-7,15,18H,2-3,8-14H2,1H3,(H2,24,25). The van der Waals surface area contributed by atoms with E-state index >= 15 is 0 Å². The number of aliphatic imine (C=N–C) groups is 1. The van der Waals surface area contributed by atoms with Gasteiger partial charge in [0.2, 0.25) is 0 Å². The average molecular weight is 398 g/mol. The lowest BCUT2D eigenvalue weighted by atomic mass is 10.0. The smallest absolute Gasteiger partial charge is 0.379 e. The molecule has 0 saturated carbocycles. The molecule has 0 radical (unpaired) electrons. The Morgan fingerprint density at radius 2 is 1.89 bits per heavy atom. The molecule has 2 atom stereocenters. The second-order valence-corrected chi connectivity index (χ2v) is 7.68. The van der Waals surface area contributed by atoms with Crippen LogP contribution in [0.3, 0.4) is 0 Å². The molecule has 1 aromatic rings. The summed E-state index contributed by atoms with van der Waals surface area (Å²) in [6.07, 6.45) is -2.03. The SMILES string of the molecule is CC1CCCN(C(N)=NCC(c2ccc(C(F)(F)F)cc2)N2CCOCC2)C1. The van der Waals surface area contributed by atoms with Crippen molar-refractivity contribution in [3.8, 4) is 0 Å². The molecule has 156 valence electrons. The van der Waals surface area contributed by atoms with Crippen LogP contribution in [-0.2, 0) is 10.9 Å². The second kappa shape index (κ2) is 9.13.